The van der Waals surface area contributed by atoms with Crippen molar-refractivity contribution in [3.05, 3.63) is 47.1 Å². The van der Waals surface area contributed by atoms with E-state index in [9.17, 15) is 4.79 Å². The van der Waals surface area contributed by atoms with Crippen LogP contribution >= 0.6 is 0 Å². The number of benzene rings is 1. The van der Waals surface area contributed by atoms with Crippen molar-refractivity contribution >= 4 is 21.9 Å². The highest BCUT2D eigenvalue weighted by atomic mass is 16.5. The molecular formula is C26H29N5O3. The molecule has 1 fully saturated rings. The van der Waals surface area contributed by atoms with E-state index in [4.69, 9.17) is 9.47 Å². The number of hydrogen-bond acceptors (Lipinski definition) is 6. The molecule has 6 rings (SSSR count). The highest BCUT2D eigenvalue weighted by molar-refractivity contribution is 6.09. The van der Waals surface area contributed by atoms with E-state index in [-0.39, 0.29) is 11.2 Å². The summed E-state index contributed by atoms with van der Waals surface area (Å²) in [5.41, 5.74) is 4.22. The van der Waals surface area contributed by atoms with Gasteiger partial charge in [-0.3, -0.25) is 14.1 Å². The fraction of sp³-hybridized carbons (Fsp3) is 0.423. The fourth-order valence-corrected chi connectivity index (χ4v) is 5.27. The zero-order valence-corrected chi connectivity index (χ0v) is 19.9. The summed E-state index contributed by atoms with van der Waals surface area (Å²) in [6, 6.07) is 7.97. The minimum atomic E-state index is -0.288. The Kier molecular flexibility index (Phi) is 4.88. The van der Waals surface area contributed by atoms with Crippen LogP contribution in [0.1, 0.15) is 25.7 Å². The molecule has 8 heteroatoms. The number of rotatable bonds is 6. The summed E-state index contributed by atoms with van der Waals surface area (Å²) in [6.07, 6.45) is 7.58. The second-order valence-corrected chi connectivity index (χ2v) is 9.76. The van der Waals surface area contributed by atoms with E-state index in [0.717, 1.165) is 71.0 Å². The van der Waals surface area contributed by atoms with Crippen LogP contribution in [0.2, 0.25) is 0 Å². The Morgan fingerprint density at radius 3 is 2.71 bits per heavy atom. The lowest BCUT2D eigenvalue weighted by Gasteiger charge is -2.41. The van der Waals surface area contributed by atoms with Crippen LogP contribution in [0.25, 0.3) is 33.1 Å². The third kappa shape index (κ3) is 3.12. The first-order valence-corrected chi connectivity index (χ1v) is 11.9. The Bertz CT molecular complexity index is 1450. The molecule has 4 aromatic rings. The Morgan fingerprint density at radius 1 is 1.15 bits per heavy atom. The molecule has 0 unspecified atom stereocenters. The highest BCUT2D eigenvalue weighted by Crippen LogP contribution is 2.48. The van der Waals surface area contributed by atoms with E-state index in [2.05, 4.69) is 29.0 Å². The lowest BCUT2D eigenvalue weighted by molar-refractivity contribution is 0.0720. The van der Waals surface area contributed by atoms with Gasteiger partial charge in [-0.2, -0.15) is 0 Å². The minimum Gasteiger partial charge on any atom is -0.490 e. The van der Waals surface area contributed by atoms with E-state index in [1.54, 1.807) is 10.8 Å². The first-order chi connectivity index (χ1) is 16.5. The molecule has 0 saturated heterocycles. The summed E-state index contributed by atoms with van der Waals surface area (Å²) in [7, 11) is 5.94. The topological polar surface area (TPSA) is 74.4 Å². The molecule has 2 aliphatic rings. The number of pyridine rings is 2. The van der Waals surface area contributed by atoms with Crippen LogP contribution in [-0.4, -0.2) is 57.9 Å². The van der Waals surface area contributed by atoms with Crippen molar-refractivity contribution in [2.45, 2.75) is 31.2 Å². The van der Waals surface area contributed by atoms with Crippen molar-refractivity contribution < 1.29 is 9.47 Å². The van der Waals surface area contributed by atoms with E-state index >= 15 is 0 Å². The molecule has 1 spiro atoms. The van der Waals surface area contributed by atoms with E-state index in [0.29, 0.717) is 19.1 Å². The van der Waals surface area contributed by atoms with Crippen molar-refractivity contribution in [1.82, 2.24) is 24.0 Å². The minimum absolute atomic E-state index is 0.00304. The van der Waals surface area contributed by atoms with Crippen LogP contribution in [0.15, 0.2) is 41.5 Å². The third-order valence-corrected chi connectivity index (χ3v) is 7.29. The second kappa shape index (κ2) is 7.84. The predicted octanol–water partition coefficient (Wildman–Crippen LogP) is 3.55. The summed E-state index contributed by atoms with van der Waals surface area (Å²) in [5.74, 6) is 1.39. The molecular weight excluding hydrogens is 430 g/mol. The van der Waals surface area contributed by atoms with Crippen molar-refractivity contribution in [2.75, 3.05) is 33.9 Å². The molecule has 34 heavy (non-hydrogen) atoms. The SMILES string of the molecule is CN(C)CCCOc1ccc(-c2ccc3ncc4c5c3c2OCC2(CCC2)n5c(=O)n4C)cn1. The number of ether oxygens (including phenoxy) is 2. The summed E-state index contributed by atoms with van der Waals surface area (Å²) >= 11 is 0. The van der Waals surface area contributed by atoms with Gasteiger partial charge in [0.05, 0.1) is 40.3 Å². The average molecular weight is 460 g/mol. The largest absolute Gasteiger partial charge is 0.490 e. The maximum atomic E-state index is 13.3. The molecule has 0 amide bonds. The van der Waals surface area contributed by atoms with Crippen LogP contribution in [-0.2, 0) is 12.6 Å². The van der Waals surface area contributed by atoms with Gasteiger partial charge < -0.3 is 14.4 Å². The maximum absolute atomic E-state index is 13.3. The highest BCUT2D eigenvalue weighted by Gasteiger charge is 2.44. The van der Waals surface area contributed by atoms with Gasteiger partial charge in [-0.1, -0.05) is 0 Å². The lowest BCUT2D eigenvalue weighted by Crippen LogP contribution is -2.50. The van der Waals surface area contributed by atoms with Crippen molar-refractivity contribution in [1.29, 1.82) is 0 Å². The van der Waals surface area contributed by atoms with Crippen molar-refractivity contribution in [3.63, 3.8) is 0 Å². The van der Waals surface area contributed by atoms with Crippen molar-refractivity contribution in [2.24, 2.45) is 7.05 Å². The standard InChI is InChI=1S/C26H29N5O3/c1-29(2)12-5-13-33-21-9-6-17(14-28-21)18-7-8-19-22-23-20(15-27-19)30(3)25(32)31(23)26(10-4-11-26)16-34-24(18)22/h6-9,14-15H,4-5,10-13,16H2,1-3H3. The molecule has 176 valence electrons. The number of aryl methyl sites for hydroxylation is 1. The molecule has 3 aromatic heterocycles. The van der Waals surface area contributed by atoms with Gasteiger partial charge >= 0.3 is 5.69 Å². The monoisotopic (exact) mass is 459 g/mol. The Labute approximate surface area is 197 Å². The molecule has 4 heterocycles. The van der Waals surface area contributed by atoms with Crippen molar-refractivity contribution in [3.8, 4) is 22.8 Å². The smallest absolute Gasteiger partial charge is 0.329 e. The molecule has 0 N–H and O–H groups in total. The molecule has 0 atom stereocenters. The maximum Gasteiger partial charge on any atom is 0.329 e. The number of fused-ring (bicyclic) bond motifs is 1. The van der Waals surface area contributed by atoms with Crippen LogP contribution < -0.4 is 15.2 Å². The van der Waals surface area contributed by atoms with E-state index < -0.39 is 0 Å². The fourth-order valence-electron chi connectivity index (χ4n) is 5.27. The summed E-state index contributed by atoms with van der Waals surface area (Å²) in [6.45, 7) is 2.09. The van der Waals surface area contributed by atoms with Crippen LogP contribution in [0, 0.1) is 0 Å². The predicted molar refractivity (Wildman–Crippen MR) is 132 cm³/mol. The Morgan fingerprint density at radius 2 is 2.00 bits per heavy atom. The summed E-state index contributed by atoms with van der Waals surface area (Å²) < 4.78 is 16.0. The number of nitrogens with zero attached hydrogens (tertiary/aromatic N) is 5. The Hall–Kier alpha value is -3.39. The first-order valence-electron chi connectivity index (χ1n) is 11.9. The first kappa shape index (κ1) is 21.2. The lowest BCUT2D eigenvalue weighted by atomic mass is 9.77. The second-order valence-electron chi connectivity index (χ2n) is 9.76. The van der Waals surface area contributed by atoms with Gasteiger partial charge in [0.15, 0.2) is 0 Å². The van der Waals surface area contributed by atoms with Gasteiger partial charge in [0, 0.05) is 37.0 Å². The normalized spacial score (nSPS) is 16.2. The molecule has 0 radical (unpaired) electrons. The molecule has 1 aromatic carbocycles. The average Bonchev–Trinajstić information content (AvgIpc) is 2.97. The molecule has 0 bridgehead atoms. The van der Waals surface area contributed by atoms with E-state index in [1.807, 2.05) is 42.1 Å². The van der Waals surface area contributed by atoms with Gasteiger partial charge in [-0.25, -0.2) is 9.78 Å². The van der Waals surface area contributed by atoms with Gasteiger partial charge in [0.1, 0.15) is 12.4 Å². The quantitative estimate of drug-likeness (QED) is 0.411. The molecule has 1 saturated carbocycles. The van der Waals surface area contributed by atoms with Crippen LogP contribution in [0.5, 0.6) is 11.6 Å². The van der Waals surface area contributed by atoms with Gasteiger partial charge in [0.25, 0.3) is 0 Å². The summed E-state index contributed by atoms with van der Waals surface area (Å²) in [5, 5.41) is 0.903. The zero-order valence-electron chi connectivity index (χ0n) is 19.9. The Balaban J connectivity index is 1.44. The number of hydrogen-bond donors (Lipinski definition) is 0. The van der Waals surface area contributed by atoms with Gasteiger partial charge in [-0.15, -0.1) is 0 Å². The molecule has 1 aliphatic heterocycles. The van der Waals surface area contributed by atoms with Gasteiger partial charge in [-0.05, 0) is 58.0 Å². The molecule has 8 nitrogen and oxygen atoms in total. The van der Waals surface area contributed by atoms with Crippen LogP contribution in [0.3, 0.4) is 0 Å². The third-order valence-electron chi connectivity index (χ3n) is 7.29. The number of aromatic nitrogens is 4. The number of imidazole rings is 1. The molecule has 1 aliphatic carbocycles. The summed E-state index contributed by atoms with van der Waals surface area (Å²) in [4.78, 5) is 24.6. The zero-order chi connectivity index (χ0) is 23.4. The van der Waals surface area contributed by atoms with E-state index in [1.165, 1.54) is 0 Å². The van der Waals surface area contributed by atoms with Gasteiger partial charge in [0.2, 0.25) is 5.88 Å². The van der Waals surface area contributed by atoms with Crippen LogP contribution in [0.4, 0.5) is 0 Å².